The van der Waals surface area contributed by atoms with E-state index in [0.29, 0.717) is 0 Å². The van der Waals surface area contributed by atoms with Gasteiger partial charge < -0.3 is 15.0 Å². The van der Waals surface area contributed by atoms with E-state index in [0.717, 1.165) is 36.2 Å². The van der Waals surface area contributed by atoms with Crippen molar-refractivity contribution in [2.45, 2.75) is 19.9 Å². The predicted molar refractivity (Wildman–Crippen MR) is 96.4 cm³/mol. The normalized spacial score (nSPS) is 11.4. The average molecular weight is 332 g/mol. The van der Waals surface area contributed by atoms with E-state index >= 15 is 0 Å². The van der Waals surface area contributed by atoms with Crippen molar-refractivity contribution >= 4 is 17.3 Å². The van der Waals surface area contributed by atoms with Gasteiger partial charge >= 0.3 is 0 Å². The van der Waals surface area contributed by atoms with Crippen molar-refractivity contribution in [1.29, 1.82) is 0 Å². The molecule has 0 fully saturated rings. The molecule has 6 heteroatoms. The molecular formula is C17H24N4OS. The Bertz CT molecular complexity index is 636. The van der Waals surface area contributed by atoms with Gasteiger partial charge in [0, 0.05) is 44.7 Å². The summed E-state index contributed by atoms with van der Waals surface area (Å²) < 4.78 is 5.19. The van der Waals surface area contributed by atoms with Gasteiger partial charge in [-0.1, -0.05) is 12.1 Å². The highest BCUT2D eigenvalue weighted by Gasteiger charge is 2.07. The maximum Gasteiger partial charge on any atom is 0.193 e. The maximum absolute atomic E-state index is 5.19. The molecule has 0 spiro atoms. The molecule has 0 atom stereocenters. The summed E-state index contributed by atoms with van der Waals surface area (Å²) in [6.07, 6.45) is 2.83. The van der Waals surface area contributed by atoms with Crippen molar-refractivity contribution in [3.63, 3.8) is 0 Å². The van der Waals surface area contributed by atoms with E-state index in [1.54, 1.807) is 25.5 Å². The second kappa shape index (κ2) is 8.53. The topological polar surface area (TPSA) is 49.8 Å². The number of thiazole rings is 1. The van der Waals surface area contributed by atoms with Crippen LogP contribution in [-0.4, -0.2) is 43.6 Å². The first-order valence-corrected chi connectivity index (χ1v) is 8.40. The summed E-state index contributed by atoms with van der Waals surface area (Å²) in [6, 6.07) is 8.09. The van der Waals surface area contributed by atoms with Gasteiger partial charge in [-0.2, -0.15) is 0 Å². The number of nitrogens with zero attached hydrogens (tertiary/aromatic N) is 3. The minimum absolute atomic E-state index is 0.792. The van der Waals surface area contributed by atoms with Crippen molar-refractivity contribution in [2.75, 3.05) is 27.7 Å². The third kappa shape index (κ3) is 5.25. The number of rotatable bonds is 6. The van der Waals surface area contributed by atoms with Crippen LogP contribution in [0.4, 0.5) is 0 Å². The number of ether oxygens (including phenoxy) is 1. The summed E-state index contributed by atoms with van der Waals surface area (Å²) in [5.41, 5.74) is 1.21. The van der Waals surface area contributed by atoms with E-state index in [4.69, 9.17) is 4.74 Å². The zero-order chi connectivity index (χ0) is 16.7. The van der Waals surface area contributed by atoms with Gasteiger partial charge in [-0.3, -0.25) is 4.99 Å². The molecule has 1 aromatic heterocycles. The number of benzene rings is 1. The molecule has 0 aliphatic rings. The number of guanidine groups is 1. The molecule has 0 bridgehead atoms. The van der Waals surface area contributed by atoms with Gasteiger partial charge in [0.25, 0.3) is 0 Å². The van der Waals surface area contributed by atoms with Gasteiger partial charge in [-0.15, -0.1) is 11.3 Å². The highest BCUT2D eigenvalue weighted by molar-refractivity contribution is 7.11. The summed E-state index contributed by atoms with van der Waals surface area (Å²) in [4.78, 5) is 12.1. The first kappa shape index (κ1) is 17.3. The van der Waals surface area contributed by atoms with Crippen molar-refractivity contribution in [1.82, 2.24) is 15.2 Å². The summed E-state index contributed by atoms with van der Waals surface area (Å²) in [7, 11) is 5.52. The van der Waals surface area contributed by atoms with Crippen LogP contribution < -0.4 is 10.1 Å². The van der Waals surface area contributed by atoms with Crippen LogP contribution in [0.15, 0.2) is 35.5 Å². The number of aliphatic imine (C=N–C) groups is 1. The second-order valence-electron chi connectivity index (χ2n) is 5.29. The van der Waals surface area contributed by atoms with Gasteiger partial charge in [0.2, 0.25) is 0 Å². The second-order valence-corrected chi connectivity index (χ2v) is 6.61. The number of aryl methyl sites for hydroxylation is 1. The summed E-state index contributed by atoms with van der Waals surface area (Å²) in [6.45, 7) is 3.70. The Labute approximate surface area is 142 Å². The quantitative estimate of drug-likeness (QED) is 0.653. The number of hydrogen-bond donors (Lipinski definition) is 1. The first-order chi connectivity index (χ1) is 11.1. The van der Waals surface area contributed by atoms with Crippen LogP contribution in [0.5, 0.6) is 5.75 Å². The highest BCUT2D eigenvalue weighted by Crippen LogP contribution is 2.13. The van der Waals surface area contributed by atoms with Crippen LogP contribution in [0.2, 0.25) is 0 Å². The first-order valence-electron chi connectivity index (χ1n) is 7.58. The Morgan fingerprint density at radius 1 is 1.35 bits per heavy atom. The molecule has 1 heterocycles. The lowest BCUT2D eigenvalue weighted by Crippen LogP contribution is -2.39. The zero-order valence-corrected chi connectivity index (χ0v) is 15.0. The van der Waals surface area contributed by atoms with Crippen LogP contribution in [0.25, 0.3) is 0 Å². The van der Waals surface area contributed by atoms with Crippen molar-refractivity contribution in [3.05, 3.63) is 45.9 Å². The highest BCUT2D eigenvalue weighted by atomic mass is 32.1. The van der Waals surface area contributed by atoms with Gasteiger partial charge in [0.1, 0.15) is 5.75 Å². The van der Waals surface area contributed by atoms with Gasteiger partial charge in [-0.25, -0.2) is 4.98 Å². The summed E-state index contributed by atoms with van der Waals surface area (Å²) >= 11 is 1.75. The van der Waals surface area contributed by atoms with E-state index in [2.05, 4.69) is 39.2 Å². The molecule has 5 nitrogen and oxygen atoms in total. The fourth-order valence-corrected chi connectivity index (χ4v) is 3.05. The Hall–Kier alpha value is -2.08. The van der Waals surface area contributed by atoms with Gasteiger partial charge in [0.05, 0.1) is 12.1 Å². The van der Waals surface area contributed by atoms with Crippen LogP contribution in [-0.2, 0) is 13.0 Å². The lowest BCUT2D eigenvalue weighted by Gasteiger charge is -2.22. The molecule has 0 amide bonds. The molecular weight excluding hydrogens is 308 g/mol. The molecule has 0 aliphatic carbocycles. The zero-order valence-electron chi connectivity index (χ0n) is 14.2. The molecule has 0 saturated carbocycles. The van der Waals surface area contributed by atoms with Crippen LogP contribution >= 0.6 is 11.3 Å². The van der Waals surface area contributed by atoms with E-state index in [1.165, 1.54) is 10.4 Å². The Balaban J connectivity index is 1.84. The van der Waals surface area contributed by atoms with Crippen molar-refractivity contribution in [2.24, 2.45) is 4.99 Å². The SMILES string of the molecule is CN=C(NCCc1ncc(C)s1)N(C)Cc1ccc(OC)cc1. The number of nitrogens with one attached hydrogen (secondary N) is 1. The minimum Gasteiger partial charge on any atom is -0.497 e. The third-order valence-corrected chi connectivity index (χ3v) is 4.42. The smallest absolute Gasteiger partial charge is 0.193 e. The number of methoxy groups -OCH3 is 1. The molecule has 0 unspecified atom stereocenters. The Morgan fingerprint density at radius 2 is 2.09 bits per heavy atom. The van der Waals surface area contributed by atoms with Gasteiger partial charge in [0.15, 0.2) is 5.96 Å². The van der Waals surface area contributed by atoms with E-state index in [-0.39, 0.29) is 0 Å². The standard InChI is InChI=1S/C17H24N4OS/c1-13-11-20-16(23-13)9-10-19-17(18-2)21(3)12-14-5-7-15(22-4)8-6-14/h5-8,11H,9-10,12H2,1-4H3,(H,18,19). The van der Waals surface area contributed by atoms with Crippen molar-refractivity contribution in [3.8, 4) is 5.75 Å². The average Bonchev–Trinajstić information content (AvgIpc) is 2.97. The van der Waals surface area contributed by atoms with E-state index in [9.17, 15) is 0 Å². The molecule has 2 aromatic rings. The third-order valence-electron chi connectivity index (χ3n) is 3.44. The maximum atomic E-state index is 5.19. The molecule has 0 saturated heterocycles. The lowest BCUT2D eigenvalue weighted by atomic mass is 10.2. The van der Waals surface area contributed by atoms with Crippen molar-refractivity contribution < 1.29 is 4.74 Å². The molecule has 0 radical (unpaired) electrons. The van der Waals surface area contributed by atoms with Crippen LogP contribution in [0.3, 0.4) is 0 Å². The predicted octanol–water partition coefficient (Wildman–Crippen LogP) is 2.71. The molecule has 1 N–H and O–H groups in total. The Morgan fingerprint density at radius 3 is 2.65 bits per heavy atom. The fourth-order valence-electron chi connectivity index (χ4n) is 2.26. The van der Waals surface area contributed by atoms with E-state index in [1.807, 2.05) is 25.4 Å². The molecule has 1 aromatic carbocycles. The largest absolute Gasteiger partial charge is 0.497 e. The molecule has 2 rings (SSSR count). The fraction of sp³-hybridized carbons (Fsp3) is 0.412. The molecule has 0 aliphatic heterocycles. The number of hydrogen-bond acceptors (Lipinski definition) is 4. The lowest BCUT2D eigenvalue weighted by molar-refractivity contribution is 0.414. The van der Waals surface area contributed by atoms with Crippen LogP contribution in [0, 0.1) is 6.92 Å². The number of aromatic nitrogens is 1. The Kier molecular flexibility index (Phi) is 6.40. The van der Waals surface area contributed by atoms with Gasteiger partial charge in [-0.05, 0) is 24.6 Å². The van der Waals surface area contributed by atoms with E-state index < -0.39 is 0 Å². The van der Waals surface area contributed by atoms with Crippen LogP contribution in [0.1, 0.15) is 15.4 Å². The summed E-state index contributed by atoms with van der Waals surface area (Å²) in [5.74, 6) is 1.76. The minimum atomic E-state index is 0.792. The summed E-state index contributed by atoms with van der Waals surface area (Å²) in [5, 5.41) is 4.54. The molecule has 124 valence electrons. The molecule has 23 heavy (non-hydrogen) atoms. The monoisotopic (exact) mass is 332 g/mol.